The van der Waals surface area contributed by atoms with Gasteiger partial charge in [0.25, 0.3) is 11.8 Å². The number of anilines is 1. The number of thiophene rings is 2. The number of fused-ring (bicyclic) bond motifs is 1. The highest BCUT2D eigenvalue weighted by Crippen LogP contribution is 2.28. The van der Waals surface area contributed by atoms with Gasteiger partial charge in [0.15, 0.2) is 0 Å². The van der Waals surface area contributed by atoms with E-state index in [1.807, 2.05) is 11.8 Å². The highest BCUT2D eigenvalue weighted by molar-refractivity contribution is 7.18. The number of nitrogens with zero attached hydrogens (tertiary/aromatic N) is 1. The monoisotopic (exact) mass is 487 g/mol. The molecule has 0 spiro atoms. The van der Waals surface area contributed by atoms with Crippen LogP contribution in [0.3, 0.4) is 0 Å². The third-order valence-electron chi connectivity index (χ3n) is 5.26. The first-order chi connectivity index (χ1) is 15.4. The second-order valence-corrected chi connectivity index (χ2v) is 9.96. The Morgan fingerprint density at radius 3 is 2.78 bits per heavy atom. The second-order valence-electron chi connectivity index (χ2n) is 7.50. The van der Waals surface area contributed by atoms with Crippen LogP contribution < -0.4 is 10.6 Å². The van der Waals surface area contributed by atoms with Gasteiger partial charge in [-0.25, -0.2) is 0 Å². The summed E-state index contributed by atoms with van der Waals surface area (Å²) in [5.74, 6) is -0.542. The number of amides is 3. The third kappa shape index (κ3) is 5.03. The van der Waals surface area contributed by atoms with Gasteiger partial charge in [-0.2, -0.15) is 0 Å². The van der Waals surface area contributed by atoms with Crippen molar-refractivity contribution >= 4 is 57.0 Å². The predicted molar refractivity (Wildman–Crippen MR) is 129 cm³/mol. The summed E-state index contributed by atoms with van der Waals surface area (Å²) in [5, 5.41) is 8.61. The van der Waals surface area contributed by atoms with Crippen molar-refractivity contribution in [3.8, 4) is 0 Å². The van der Waals surface area contributed by atoms with Gasteiger partial charge >= 0.3 is 0 Å². The maximum atomic E-state index is 12.6. The van der Waals surface area contributed by atoms with Crippen LogP contribution in [0.15, 0.2) is 41.8 Å². The predicted octanol–water partition coefficient (Wildman–Crippen LogP) is 4.73. The van der Waals surface area contributed by atoms with E-state index in [0.29, 0.717) is 27.0 Å². The molecule has 0 atom stereocenters. The van der Waals surface area contributed by atoms with E-state index in [2.05, 4.69) is 22.1 Å². The fraction of sp³-hybridized carbons (Fsp3) is 0.261. The SMILES string of the molecule is Cc1cc(NC(=O)c2ccccc2Cl)sc1C(=O)NCCC(=O)N1CCc2sccc2C1. The molecule has 6 nitrogen and oxygen atoms in total. The van der Waals surface area contributed by atoms with E-state index in [0.717, 1.165) is 18.5 Å². The van der Waals surface area contributed by atoms with Crippen LogP contribution in [0.25, 0.3) is 0 Å². The molecule has 2 N–H and O–H groups in total. The lowest BCUT2D eigenvalue weighted by molar-refractivity contribution is -0.131. The van der Waals surface area contributed by atoms with Gasteiger partial charge in [0.1, 0.15) is 0 Å². The van der Waals surface area contributed by atoms with Gasteiger partial charge in [0.05, 0.1) is 20.5 Å². The topological polar surface area (TPSA) is 78.5 Å². The molecular formula is C23H22ClN3O3S2. The number of carbonyl (C=O) groups is 3. The first-order valence-electron chi connectivity index (χ1n) is 10.2. The molecule has 0 bridgehead atoms. The fourth-order valence-corrected chi connectivity index (χ4v) is 5.67. The Kier molecular flexibility index (Phi) is 6.93. The smallest absolute Gasteiger partial charge is 0.261 e. The summed E-state index contributed by atoms with van der Waals surface area (Å²) >= 11 is 9.01. The molecule has 3 amide bonds. The molecule has 0 saturated heterocycles. The maximum absolute atomic E-state index is 12.6. The maximum Gasteiger partial charge on any atom is 0.261 e. The third-order valence-corrected chi connectivity index (χ3v) is 7.77. The fourth-order valence-electron chi connectivity index (χ4n) is 3.58. The summed E-state index contributed by atoms with van der Waals surface area (Å²) in [6.07, 6.45) is 1.15. The molecule has 0 saturated carbocycles. The number of aryl methyl sites for hydroxylation is 1. The van der Waals surface area contributed by atoms with Gasteiger partial charge in [-0.3, -0.25) is 14.4 Å². The number of hydrogen-bond donors (Lipinski definition) is 2. The molecule has 2 aromatic heterocycles. The van der Waals surface area contributed by atoms with Crippen LogP contribution in [0.4, 0.5) is 5.00 Å². The summed E-state index contributed by atoms with van der Waals surface area (Å²) < 4.78 is 0. The Morgan fingerprint density at radius 1 is 1.16 bits per heavy atom. The van der Waals surface area contributed by atoms with Crippen LogP contribution in [0.2, 0.25) is 5.02 Å². The average Bonchev–Trinajstić information content (AvgIpc) is 3.39. The molecule has 32 heavy (non-hydrogen) atoms. The van der Waals surface area contributed by atoms with Gasteiger partial charge in [0, 0.05) is 30.9 Å². The van der Waals surface area contributed by atoms with Gasteiger partial charge in [-0.05, 0) is 54.1 Å². The molecule has 3 aromatic rings. The number of halogens is 1. The standard InChI is InChI=1S/C23H22ClN3O3S2/c1-14-12-19(26-22(29)16-4-2-3-5-17(16)24)32-21(14)23(30)25-9-6-20(28)27-10-7-18-15(13-27)8-11-31-18/h2-5,8,11-12H,6-7,9-10,13H2,1H3,(H,25,30)(H,26,29). The Labute approximate surface area is 199 Å². The molecule has 166 valence electrons. The van der Waals surface area contributed by atoms with Crippen LogP contribution in [-0.2, 0) is 17.8 Å². The molecule has 4 rings (SSSR count). The van der Waals surface area contributed by atoms with Crippen molar-refractivity contribution in [1.29, 1.82) is 0 Å². The molecule has 0 fully saturated rings. The van der Waals surface area contributed by atoms with Crippen LogP contribution in [-0.4, -0.2) is 35.7 Å². The van der Waals surface area contributed by atoms with E-state index >= 15 is 0 Å². The first kappa shape index (κ1) is 22.5. The Hall–Kier alpha value is -2.68. The van der Waals surface area contributed by atoms with E-state index < -0.39 is 0 Å². The highest BCUT2D eigenvalue weighted by Gasteiger charge is 2.22. The molecule has 3 heterocycles. The van der Waals surface area contributed by atoms with Crippen LogP contribution >= 0.6 is 34.3 Å². The summed E-state index contributed by atoms with van der Waals surface area (Å²) in [7, 11) is 0. The Balaban J connectivity index is 1.29. The van der Waals surface area contributed by atoms with Crippen molar-refractivity contribution in [3.05, 3.63) is 73.2 Å². The lowest BCUT2D eigenvalue weighted by Crippen LogP contribution is -2.37. The molecule has 0 aliphatic carbocycles. The molecule has 1 aliphatic heterocycles. The second kappa shape index (κ2) is 9.85. The lowest BCUT2D eigenvalue weighted by Gasteiger charge is -2.27. The largest absolute Gasteiger partial charge is 0.351 e. The number of benzene rings is 1. The van der Waals surface area contributed by atoms with Gasteiger partial charge < -0.3 is 15.5 Å². The van der Waals surface area contributed by atoms with Crippen LogP contribution in [0.1, 0.15) is 42.5 Å². The van der Waals surface area contributed by atoms with Gasteiger partial charge in [0.2, 0.25) is 5.91 Å². The van der Waals surface area contributed by atoms with Gasteiger partial charge in [-0.1, -0.05) is 23.7 Å². The van der Waals surface area contributed by atoms with Crippen LogP contribution in [0, 0.1) is 6.92 Å². The van der Waals surface area contributed by atoms with Crippen molar-refractivity contribution in [2.75, 3.05) is 18.4 Å². The normalized spacial score (nSPS) is 12.9. The first-order valence-corrected chi connectivity index (χ1v) is 12.3. The zero-order valence-corrected chi connectivity index (χ0v) is 19.8. The number of hydrogen-bond acceptors (Lipinski definition) is 5. The van der Waals surface area contributed by atoms with E-state index in [1.54, 1.807) is 41.7 Å². The molecular weight excluding hydrogens is 466 g/mol. The zero-order valence-electron chi connectivity index (χ0n) is 17.4. The van der Waals surface area contributed by atoms with Crippen molar-refractivity contribution in [2.45, 2.75) is 26.3 Å². The highest BCUT2D eigenvalue weighted by atomic mass is 35.5. The van der Waals surface area contributed by atoms with Crippen LogP contribution in [0.5, 0.6) is 0 Å². The van der Waals surface area contributed by atoms with E-state index in [-0.39, 0.29) is 30.7 Å². The van der Waals surface area contributed by atoms with Crippen molar-refractivity contribution in [3.63, 3.8) is 0 Å². The Morgan fingerprint density at radius 2 is 1.97 bits per heavy atom. The minimum Gasteiger partial charge on any atom is -0.351 e. The van der Waals surface area contributed by atoms with Crippen molar-refractivity contribution in [1.82, 2.24) is 10.2 Å². The summed E-state index contributed by atoms with van der Waals surface area (Å²) in [6, 6.07) is 10.6. The zero-order chi connectivity index (χ0) is 22.7. The molecule has 0 radical (unpaired) electrons. The van der Waals surface area contributed by atoms with E-state index in [4.69, 9.17) is 11.6 Å². The minimum atomic E-state index is -0.329. The molecule has 9 heteroatoms. The molecule has 1 aromatic carbocycles. The van der Waals surface area contributed by atoms with Crippen molar-refractivity contribution < 1.29 is 14.4 Å². The Bertz CT molecular complexity index is 1170. The average molecular weight is 488 g/mol. The van der Waals surface area contributed by atoms with E-state index in [1.165, 1.54) is 21.8 Å². The summed E-state index contributed by atoms with van der Waals surface area (Å²) in [5.41, 5.74) is 2.35. The number of nitrogens with one attached hydrogen (secondary N) is 2. The summed E-state index contributed by atoms with van der Waals surface area (Å²) in [6.45, 7) is 3.44. The van der Waals surface area contributed by atoms with Crippen molar-refractivity contribution in [2.24, 2.45) is 0 Å². The lowest BCUT2D eigenvalue weighted by atomic mass is 10.1. The van der Waals surface area contributed by atoms with Gasteiger partial charge in [-0.15, -0.1) is 22.7 Å². The number of rotatable bonds is 6. The molecule has 0 unspecified atom stereocenters. The van der Waals surface area contributed by atoms with E-state index in [9.17, 15) is 14.4 Å². The summed E-state index contributed by atoms with van der Waals surface area (Å²) in [4.78, 5) is 41.3. The minimum absolute atomic E-state index is 0.0396. The molecule has 1 aliphatic rings. The number of carbonyl (C=O) groups excluding carboxylic acids is 3. The quantitative estimate of drug-likeness (QED) is 0.527.